The number of allylic oxidation sites excluding steroid dienone is 1. The Morgan fingerprint density at radius 3 is 2.83 bits per heavy atom. The number of halogens is 3. The van der Waals surface area contributed by atoms with Crippen LogP contribution in [-0.4, -0.2) is 27.3 Å². The number of esters is 1. The molecule has 0 bridgehead atoms. The molecule has 0 unspecified atom stereocenters. The summed E-state index contributed by atoms with van der Waals surface area (Å²) in [6.45, 7) is 3.31. The minimum Gasteiger partial charge on any atom is -0.467 e. The van der Waals surface area contributed by atoms with Gasteiger partial charge in [0, 0.05) is 5.70 Å². The Bertz CT molecular complexity index is 793. The van der Waals surface area contributed by atoms with Gasteiger partial charge in [-0.25, -0.2) is 9.48 Å². The number of nitrogens with zero attached hydrogens (tertiary/aromatic N) is 3. The second-order valence-electron chi connectivity index (χ2n) is 5.00. The summed E-state index contributed by atoms with van der Waals surface area (Å²) in [6, 6.07) is 2.11. The fourth-order valence-corrected chi connectivity index (χ4v) is 2.45. The first-order valence-corrected chi connectivity index (χ1v) is 7.05. The van der Waals surface area contributed by atoms with E-state index < -0.39 is 24.0 Å². The summed E-state index contributed by atoms with van der Waals surface area (Å²) in [5.41, 5.74) is 0.432. The Kier molecular flexibility index (Phi) is 3.82. The highest BCUT2D eigenvalue weighted by atomic mass is 19.4. The number of nitrogens with one attached hydrogen (secondary N) is 1. The Morgan fingerprint density at radius 1 is 1.50 bits per heavy atom. The first-order valence-electron chi connectivity index (χ1n) is 7.05. The number of alkyl halides is 3. The van der Waals surface area contributed by atoms with Gasteiger partial charge in [-0.05, 0) is 26.0 Å². The van der Waals surface area contributed by atoms with Crippen LogP contribution in [-0.2, 0) is 15.7 Å². The quantitative estimate of drug-likeness (QED) is 0.864. The third-order valence-corrected chi connectivity index (χ3v) is 3.41. The standard InChI is InChI=1S/C14H13F3N4O3/c1-3-23-11(22)9-7(2)18-13-19-12(14(15,16)17)20-21(13)10(9)8-5-4-6-24-8/h4-6,10H,3H2,1-2H3,(H,18,19,20)/t10-/m0/s1. The fourth-order valence-electron chi connectivity index (χ4n) is 2.45. The van der Waals surface area contributed by atoms with Gasteiger partial charge in [0.1, 0.15) is 11.8 Å². The number of hydrogen-bond donors (Lipinski definition) is 1. The zero-order valence-corrected chi connectivity index (χ0v) is 12.7. The van der Waals surface area contributed by atoms with E-state index in [0.717, 1.165) is 4.68 Å². The summed E-state index contributed by atoms with van der Waals surface area (Å²) in [6.07, 6.45) is -3.35. The molecule has 0 saturated heterocycles. The Hall–Kier alpha value is -2.78. The van der Waals surface area contributed by atoms with Gasteiger partial charge >= 0.3 is 12.1 Å². The van der Waals surface area contributed by atoms with Crippen LogP contribution in [0, 0.1) is 0 Å². The summed E-state index contributed by atoms with van der Waals surface area (Å²) < 4.78 is 50.0. The highest BCUT2D eigenvalue weighted by Crippen LogP contribution is 2.37. The van der Waals surface area contributed by atoms with Crippen molar-refractivity contribution in [1.29, 1.82) is 0 Å². The predicted octanol–water partition coefficient (Wildman–Crippen LogP) is 2.74. The molecule has 1 aliphatic heterocycles. The number of ether oxygens (including phenoxy) is 1. The molecule has 1 aliphatic rings. The molecule has 24 heavy (non-hydrogen) atoms. The minimum absolute atomic E-state index is 0.109. The first kappa shape index (κ1) is 16.1. The molecule has 128 valence electrons. The molecule has 0 fully saturated rings. The summed E-state index contributed by atoms with van der Waals surface area (Å²) >= 11 is 0. The van der Waals surface area contributed by atoms with Gasteiger partial charge in [-0.3, -0.25) is 0 Å². The number of carbonyl (C=O) groups is 1. The molecule has 3 heterocycles. The maximum Gasteiger partial charge on any atom is 0.453 e. The van der Waals surface area contributed by atoms with E-state index in [2.05, 4.69) is 15.4 Å². The number of hydrogen-bond acceptors (Lipinski definition) is 6. The number of aromatic nitrogens is 3. The lowest BCUT2D eigenvalue weighted by Crippen LogP contribution is -2.29. The van der Waals surface area contributed by atoms with Crippen LogP contribution in [0.25, 0.3) is 0 Å². The molecule has 0 saturated carbocycles. The van der Waals surface area contributed by atoms with Gasteiger partial charge in [0.2, 0.25) is 5.95 Å². The van der Waals surface area contributed by atoms with Crippen molar-refractivity contribution in [2.24, 2.45) is 0 Å². The molecule has 0 radical (unpaired) electrons. The fraction of sp³-hybridized carbons (Fsp3) is 0.357. The monoisotopic (exact) mass is 342 g/mol. The predicted molar refractivity (Wildman–Crippen MR) is 74.8 cm³/mol. The van der Waals surface area contributed by atoms with Gasteiger partial charge < -0.3 is 14.5 Å². The van der Waals surface area contributed by atoms with E-state index in [1.54, 1.807) is 26.0 Å². The molecule has 1 N–H and O–H groups in total. The van der Waals surface area contributed by atoms with Crippen molar-refractivity contribution in [3.05, 3.63) is 41.3 Å². The van der Waals surface area contributed by atoms with E-state index in [1.165, 1.54) is 6.26 Å². The lowest BCUT2D eigenvalue weighted by Gasteiger charge is -2.26. The largest absolute Gasteiger partial charge is 0.467 e. The van der Waals surface area contributed by atoms with Crippen molar-refractivity contribution in [1.82, 2.24) is 14.8 Å². The topological polar surface area (TPSA) is 82.2 Å². The van der Waals surface area contributed by atoms with Crippen LogP contribution < -0.4 is 5.32 Å². The van der Waals surface area contributed by atoms with Crippen molar-refractivity contribution in [3.8, 4) is 0 Å². The Labute approximate surface area is 134 Å². The molecular weight excluding hydrogens is 329 g/mol. The number of carbonyl (C=O) groups excluding carboxylic acids is 1. The van der Waals surface area contributed by atoms with Crippen molar-refractivity contribution in [3.63, 3.8) is 0 Å². The van der Waals surface area contributed by atoms with Crippen LogP contribution in [0.1, 0.15) is 31.5 Å². The molecule has 1 atom stereocenters. The van der Waals surface area contributed by atoms with Gasteiger partial charge in [0.15, 0.2) is 0 Å². The van der Waals surface area contributed by atoms with Gasteiger partial charge in [-0.1, -0.05) is 0 Å². The number of anilines is 1. The number of fused-ring (bicyclic) bond motifs is 1. The average molecular weight is 342 g/mol. The highest BCUT2D eigenvalue weighted by Gasteiger charge is 2.42. The van der Waals surface area contributed by atoms with Crippen molar-refractivity contribution in [2.45, 2.75) is 26.1 Å². The van der Waals surface area contributed by atoms with Crippen LogP contribution in [0.3, 0.4) is 0 Å². The van der Waals surface area contributed by atoms with E-state index in [-0.39, 0.29) is 23.9 Å². The van der Waals surface area contributed by atoms with Crippen molar-refractivity contribution < 1.29 is 27.1 Å². The molecule has 2 aromatic heterocycles. The van der Waals surface area contributed by atoms with Gasteiger partial charge in [-0.15, -0.1) is 5.10 Å². The molecule has 0 aromatic carbocycles. The lowest BCUT2D eigenvalue weighted by molar-refractivity contribution is -0.145. The molecule has 3 rings (SSSR count). The second-order valence-corrected chi connectivity index (χ2v) is 5.00. The van der Waals surface area contributed by atoms with Gasteiger partial charge in [0.25, 0.3) is 5.82 Å². The molecule has 0 amide bonds. The molecule has 7 nitrogen and oxygen atoms in total. The van der Waals surface area contributed by atoms with Gasteiger partial charge in [0.05, 0.1) is 18.4 Å². The Morgan fingerprint density at radius 2 is 2.25 bits per heavy atom. The van der Waals surface area contributed by atoms with Crippen molar-refractivity contribution >= 4 is 11.9 Å². The number of furan rings is 1. The van der Waals surface area contributed by atoms with Crippen LogP contribution in [0.2, 0.25) is 0 Å². The van der Waals surface area contributed by atoms with Crippen LogP contribution in [0.5, 0.6) is 0 Å². The third kappa shape index (κ3) is 2.63. The van der Waals surface area contributed by atoms with Crippen molar-refractivity contribution in [2.75, 3.05) is 11.9 Å². The zero-order chi connectivity index (χ0) is 17.5. The molecule has 0 spiro atoms. The first-order chi connectivity index (χ1) is 11.3. The molecular formula is C14H13F3N4O3. The summed E-state index contributed by atoms with van der Waals surface area (Å²) in [5.74, 6) is -1.86. The van der Waals surface area contributed by atoms with Gasteiger partial charge in [-0.2, -0.15) is 18.2 Å². The van der Waals surface area contributed by atoms with Crippen LogP contribution >= 0.6 is 0 Å². The minimum atomic E-state index is -4.71. The second kappa shape index (κ2) is 5.69. The lowest BCUT2D eigenvalue weighted by atomic mass is 10.0. The van der Waals surface area contributed by atoms with E-state index in [1.807, 2.05) is 0 Å². The molecule has 0 aliphatic carbocycles. The number of rotatable bonds is 3. The van der Waals surface area contributed by atoms with E-state index in [9.17, 15) is 18.0 Å². The SMILES string of the molecule is CCOC(=O)C1=C(C)Nc2nc(C(F)(F)F)nn2[C@H]1c1ccco1. The van der Waals surface area contributed by atoms with E-state index >= 15 is 0 Å². The maximum absolute atomic E-state index is 12.9. The average Bonchev–Trinajstić information content (AvgIpc) is 3.14. The summed E-state index contributed by atoms with van der Waals surface area (Å²) in [7, 11) is 0. The third-order valence-electron chi connectivity index (χ3n) is 3.41. The van der Waals surface area contributed by atoms with E-state index in [0.29, 0.717) is 5.70 Å². The molecule has 2 aromatic rings. The maximum atomic E-state index is 12.9. The highest BCUT2D eigenvalue weighted by molar-refractivity contribution is 5.92. The zero-order valence-electron chi connectivity index (χ0n) is 12.7. The summed E-state index contributed by atoms with van der Waals surface area (Å²) in [5, 5.41) is 6.16. The Balaban J connectivity index is 2.15. The van der Waals surface area contributed by atoms with Crippen LogP contribution in [0.4, 0.5) is 19.1 Å². The van der Waals surface area contributed by atoms with E-state index in [4.69, 9.17) is 9.15 Å². The summed E-state index contributed by atoms with van der Waals surface area (Å²) in [4.78, 5) is 15.7. The van der Waals surface area contributed by atoms with Crippen LogP contribution in [0.15, 0.2) is 34.1 Å². The molecule has 10 heteroatoms. The smallest absolute Gasteiger partial charge is 0.453 e. The normalized spacial score (nSPS) is 17.5.